The predicted octanol–water partition coefficient (Wildman–Crippen LogP) is 2.73. The highest BCUT2D eigenvalue weighted by Gasteiger charge is 2.19. The molecule has 0 fully saturated rings. The minimum Gasteiger partial charge on any atom is -0.302 e. The third-order valence-electron chi connectivity index (χ3n) is 3.15. The van der Waals surface area contributed by atoms with Crippen LogP contribution in [-0.4, -0.2) is 24.3 Å². The summed E-state index contributed by atoms with van der Waals surface area (Å²) in [6.07, 6.45) is 2.10. The molecule has 2 atom stereocenters. The van der Waals surface area contributed by atoms with Crippen molar-refractivity contribution in [3.05, 3.63) is 35.9 Å². The molecule has 0 aliphatic heterocycles. The van der Waals surface area contributed by atoms with Crippen molar-refractivity contribution in [2.75, 3.05) is 7.05 Å². The Morgan fingerprint density at radius 3 is 2.44 bits per heavy atom. The molecule has 0 aliphatic carbocycles. The summed E-state index contributed by atoms with van der Waals surface area (Å²) in [5.41, 5.74) is 1.25. The molecule has 0 aliphatic rings. The monoisotopic (exact) mass is 219 g/mol. The van der Waals surface area contributed by atoms with Crippen molar-refractivity contribution in [1.82, 2.24) is 4.90 Å². The highest BCUT2D eigenvalue weighted by atomic mass is 16.1. The fraction of sp³-hybridized carbons (Fsp3) is 0.500. The van der Waals surface area contributed by atoms with Crippen LogP contribution in [0.25, 0.3) is 0 Å². The molecule has 2 heteroatoms. The molecule has 0 unspecified atom stereocenters. The number of rotatable bonds is 6. The van der Waals surface area contributed by atoms with E-state index in [2.05, 4.69) is 30.9 Å². The van der Waals surface area contributed by atoms with Crippen LogP contribution in [0.3, 0.4) is 0 Å². The van der Waals surface area contributed by atoms with Gasteiger partial charge in [0, 0.05) is 6.54 Å². The summed E-state index contributed by atoms with van der Waals surface area (Å²) in [5, 5.41) is 0. The van der Waals surface area contributed by atoms with Gasteiger partial charge in [0.2, 0.25) is 0 Å². The number of nitrogens with zero attached hydrogens (tertiary/aromatic N) is 1. The molecule has 0 amide bonds. The third kappa shape index (κ3) is 3.46. The predicted molar refractivity (Wildman–Crippen MR) is 67.2 cm³/mol. The van der Waals surface area contributed by atoms with Crippen molar-refractivity contribution >= 4 is 6.29 Å². The Hall–Kier alpha value is -1.15. The molecule has 2 nitrogen and oxygen atoms in total. The average molecular weight is 219 g/mol. The zero-order valence-corrected chi connectivity index (χ0v) is 10.4. The van der Waals surface area contributed by atoms with E-state index in [0.29, 0.717) is 5.92 Å². The molecule has 16 heavy (non-hydrogen) atoms. The van der Waals surface area contributed by atoms with Crippen LogP contribution in [0, 0.1) is 5.92 Å². The highest BCUT2D eigenvalue weighted by Crippen LogP contribution is 2.14. The maximum atomic E-state index is 11.1. The lowest BCUT2D eigenvalue weighted by atomic mass is 9.99. The average Bonchev–Trinajstić information content (AvgIpc) is 2.31. The van der Waals surface area contributed by atoms with E-state index in [1.54, 1.807) is 0 Å². The van der Waals surface area contributed by atoms with Crippen LogP contribution >= 0.6 is 0 Å². The van der Waals surface area contributed by atoms with E-state index in [1.807, 2.05) is 25.2 Å². The van der Waals surface area contributed by atoms with Gasteiger partial charge in [0.25, 0.3) is 0 Å². The molecular formula is C14H21NO. The first kappa shape index (κ1) is 12.9. The molecule has 1 aromatic rings. The number of aldehydes is 1. The first-order chi connectivity index (χ1) is 7.69. The van der Waals surface area contributed by atoms with Crippen molar-refractivity contribution in [3.63, 3.8) is 0 Å². The standard InChI is InChI=1S/C14H21NO/c1-4-12(2)14(11-16)15(3)10-13-8-6-5-7-9-13/h5-9,11-12,14H,4,10H2,1-3H3/t12-,14-/m0/s1. The minimum absolute atomic E-state index is 0.0187. The van der Waals surface area contributed by atoms with Crippen LogP contribution in [-0.2, 0) is 11.3 Å². The highest BCUT2D eigenvalue weighted by molar-refractivity contribution is 5.58. The molecule has 0 aromatic heterocycles. The largest absolute Gasteiger partial charge is 0.302 e. The fourth-order valence-corrected chi connectivity index (χ4v) is 1.89. The summed E-state index contributed by atoms with van der Waals surface area (Å²) in [6, 6.07) is 10.3. The molecular weight excluding hydrogens is 198 g/mol. The van der Waals surface area contributed by atoms with Gasteiger partial charge >= 0.3 is 0 Å². The van der Waals surface area contributed by atoms with Crippen molar-refractivity contribution in [2.24, 2.45) is 5.92 Å². The van der Waals surface area contributed by atoms with Crippen LogP contribution in [0.1, 0.15) is 25.8 Å². The second-order valence-corrected chi connectivity index (χ2v) is 4.41. The molecule has 1 aromatic carbocycles. The summed E-state index contributed by atoms with van der Waals surface area (Å²) < 4.78 is 0. The maximum Gasteiger partial charge on any atom is 0.137 e. The first-order valence-electron chi connectivity index (χ1n) is 5.88. The van der Waals surface area contributed by atoms with Gasteiger partial charge in [0.15, 0.2) is 0 Å². The Morgan fingerprint density at radius 2 is 1.94 bits per heavy atom. The number of benzene rings is 1. The topological polar surface area (TPSA) is 20.3 Å². The minimum atomic E-state index is 0.0187. The first-order valence-corrected chi connectivity index (χ1v) is 5.88. The second kappa shape index (κ2) is 6.44. The van der Waals surface area contributed by atoms with E-state index >= 15 is 0 Å². The molecule has 0 radical (unpaired) electrons. The van der Waals surface area contributed by atoms with Crippen molar-refractivity contribution in [1.29, 1.82) is 0 Å². The quantitative estimate of drug-likeness (QED) is 0.686. The van der Waals surface area contributed by atoms with Gasteiger partial charge in [-0.25, -0.2) is 0 Å². The molecule has 0 saturated heterocycles. The van der Waals surface area contributed by atoms with E-state index in [4.69, 9.17) is 0 Å². The number of likely N-dealkylation sites (N-methyl/N-ethyl adjacent to an activating group) is 1. The number of carbonyl (C=O) groups is 1. The lowest BCUT2D eigenvalue weighted by molar-refractivity contribution is -0.113. The molecule has 0 N–H and O–H groups in total. The smallest absolute Gasteiger partial charge is 0.137 e. The summed E-state index contributed by atoms with van der Waals surface area (Å²) in [5.74, 6) is 0.409. The zero-order chi connectivity index (χ0) is 12.0. The van der Waals surface area contributed by atoms with E-state index in [0.717, 1.165) is 19.3 Å². The number of hydrogen-bond acceptors (Lipinski definition) is 2. The summed E-state index contributed by atoms with van der Waals surface area (Å²) in [6.45, 7) is 5.08. The lowest BCUT2D eigenvalue weighted by Crippen LogP contribution is -2.37. The zero-order valence-electron chi connectivity index (χ0n) is 10.4. The van der Waals surface area contributed by atoms with Gasteiger partial charge in [-0.15, -0.1) is 0 Å². The van der Waals surface area contributed by atoms with Crippen LogP contribution in [0.4, 0.5) is 0 Å². The van der Waals surface area contributed by atoms with E-state index in [9.17, 15) is 4.79 Å². The Morgan fingerprint density at radius 1 is 1.31 bits per heavy atom. The van der Waals surface area contributed by atoms with Gasteiger partial charge in [-0.2, -0.15) is 0 Å². The number of carbonyl (C=O) groups excluding carboxylic acids is 1. The molecule has 0 spiro atoms. The Balaban J connectivity index is 2.63. The second-order valence-electron chi connectivity index (χ2n) is 4.41. The Labute approximate surface area is 98.3 Å². The fourth-order valence-electron chi connectivity index (χ4n) is 1.89. The molecule has 0 heterocycles. The van der Waals surface area contributed by atoms with Crippen molar-refractivity contribution in [3.8, 4) is 0 Å². The van der Waals surface area contributed by atoms with E-state index in [1.165, 1.54) is 5.56 Å². The Kier molecular flexibility index (Phi) is 5.20. The van der Waals surface area contributed by atoms with Crippen molar-refractivity contribution in [2.45, 2.75) is 32.9 Å². The summed E-state index contributed by atoms with van der Waals surface area (Å²) in [7, 11) is 2.01. The normalized spacial score (nSPS) is 14.8. The van der Waals surface area contributed by atoms with E-state index < -0.39 is 0 Å². The van der Waals surface area contributed by atoms with Gasteiger partial charge < -0.3 is 4.79 Å². The van der Waals surface area contributed by atoms with Gasteiger partial charge in [-0.1, -0.05) is 50.6 Å². The van der Waals surface area contributed by atoms with Crippen LogP contribution in [0.2, 0.25) is 0 Å². The SMILES string of the molecule is CC[C@H](C)[C@H](C=O)N(C)Cc1ccccc1. The molecule has 88 valence electrons. The van der Waals surface area contributed by atoms with Crippen LogP contribution < -0.4 is 0 Å². The Bertz CT molecular complexity index is 310. The lowest BCUT2D eigenvalue weighted by Gasteiger charge is -2.28. The van der Waals surface area contributed by atoms with Gasteiger partial charge in [0.1, 0.15) is 6.29 Å². The molecule has 0 bridgehead atoms. The van der Waals surface area contributed by atoms with Gasteiger partial charge in [-0.05, 0) is 18.5 Å². The summed E-state index contributed by atoms with van der Waals surface area (Å²) >= 11 is 0. The van der Waals surface area contributed by atoms with Crippen LogP contribution in [0.5, 0.6) is 0 Å². The summed E-state index contributed by atoms with van der Waals surface area (Å²) in [4.78, 5) is 13.2. The van der Waals surface area contributed by atoms with Gasteiger partial charge in [0.05, 0.1) is 6.04 Å². The van der Waals surface area contributed by atoms with Crippen LogP contribution in [0.15, 0.2) is 30.3 Å². The third-order valence-corrected chi connectivity index (χ3v) is 3.15. The molecule has 0 saturated carbocycles. The molecule has 1 rings (SSSR count). The van der Waals surface area contributed by atoms with E-state index in [-0.39, 0.29) is 6.04 Å². The maximum absolute atomic E-state index is 11.1. The van der Waals surface area contributed by atoms with Gasteiger partial charge in [-0.3, -0.25) is 4.90 Å². The van der Waals surface area contributed by atoms with Crippen molar-refractivity contribution < 1.29 is 4.79 Å². The number of hydrogen-bond donors (Lipinski definition) is 0.